The summed E-state index contributed by atoms with van der Waals surface area (Å²) in [6, 6.07) is 12.3. The van der Waals surface area contributed by atoms with Crippen LogP contribution in [0.2, 0.25) is 0 Å². The van der Waals surface area contributed by atoms with E-state index in [4.69, 9.17) is 4.98 Å². The Labute approximate surface area is 154 Å². The number of aryl methyl sites for hydroxylation is 4. The van der Waals surface area contributed by atoms with Crippen LogP contribution in [0.1, 0.15) is 28.2 Å². The fraction of sp³-hybridized carbons (Fsp3) is 0.350. The second-order valence-electron chi connectivity index (χ2n) is 6.64. The molecular formula is C20H25N5O. The van der Waals surface area contributed by atoms with Crippen molar-refractivity contribution in [3.63, 3.8) is 0 Å². The van der Waals surface area contributed by atoms with Crippen molar-refractivity contribution in [2.75, 3.05) is 18.1 Å². The van der Waals surface area contributed by atoms with Gasteiger partial charge in [-0.05, 0) is 39.3 Å². The number of aromatic nitrogens is 4. The first-order valence-corrected chi connectivity index (χ1v) is 8.77. The lowest BCUT2D eigenvalue weighted by molar-refractivity contribution is 0.301. The summed E-state index contributed by atoms with van der Waals surface area (Å²) in [5.41, 5.74) is 5.19. The Bertz CT molecular complexity index is 903. The van der Waals surface area contributed by atoms with Crippen molar-refractivity contribution in [3.05, 3.63) is 64.6 Å². The monoisotopic (exact) mass is 351 g/mol. The average molecular weight is 351 g/mol. The fourth-order valence-electron chi connectivity index (χ4n) is 3.05. The second kappa shape index (κ2) is 7.66. The molecule has 0 unspecified atom stereocenters. The zero-order valence-corrected chi connectivity index (χ0v) is 15.8. The number of aliphatic hydroxyl groups excluding tert-OH is 1. The topological polar surface area (TPSA) is 67.1 Å². The summed E-state index contributed by atoms with van der Waals surface area (Å²) in [4.78, 5) is 11.3. The van der Waals surface area contributed by atoms with Crippen LogP contribution in [-0.4, -0.2) is 38.0 Å². The number of hydrogen-bond acceptors (Lipinski definition) is 5. The molecule has 1 N–H and O–H groups in total. The molecule has 0 aliphatic rings. The Morgan fingerprint density at radius 2 is 1.81 bits per heavy atom. The molecule has 0 aliphatic heterocycles. The van der Waals surface area contributed by atoms with Crippen LogP contribution in [0.15, 0.2) is 36.4 Å². The second-order valence-corrected chi connectivity index (χ2v) is 6.64. The first kappa shape index (κ1) is 18.1. The normalized spacial score (nSPS) is 11.0. The van der Waals surface area contributed by atoms with Crippen LogP contribution in [-0.2, 0) is 6.54 Å². The van der Waals surface area contributed by atoms with Gasteiger partial charge in [0.25, 0.3) is 5.95 Å². The van der Waals surface area contributed by atoms with E-state index in [1.807, 2.05) is 39.0 Å². The Hall–Kier alpha value is -2.73. The molecule has 0 fully saturated rings. The van der Waals surface area contributed by atoms with Gasteiger partial charge >= 0.3 is 0 Å². The van der Waals surface area contributed by atoms with Crippen LogP contribution in [0, 0.1) is 27.7 Å². The molecule has 2 heterocycles. The van der Waals surface area contributed by atoms with E-state index in [2.05, 4.69) is 40.1 Å². The highest BCUT2D eigenvalue weighted by atomic mass is 16.3. The lowest BCUT2D eigenvalue weighted by Crippen LogP contribution is -2.27. The van der Waals surface area contributed by atoms with Crippen molar-refractivity contribution >= 4 is 5.82 Å². The molecule has 6 nitrogen and oxygen atoms in total. The third kappa shape index (κ3) is 4.08. The van der Waals surface area contributed by atoms with Crippen LogP contribution in [0.25, 0.3) is 5.95 Å². The van der Waals surface area contributed by atoms with Crippen molar-refractivity contribution in [2.45, 2.75) is 34.2 Å². The minimum atomic E-state index is 0.0596. The molecule has 0 radical (unpaired) electrons. The van der Waals surface area contributed by atoms with E-state index >= 15 is 0 Å². The Morgan fingerprint density at radius 1 is 1.00 bits per heavy atom. The molecule has 3 aromatic rings. The summed E-state index contributed by atoms with van der Waals surface area (Å²) >= 11 is 0. The molecular weight excluding hydrogens is 326 g/mol. The average Bonchev–Trinajstić information content (AvgIpc) is 2.92. The molecule has 1 aromatic carbocycles. The Morgan fingerprint density at radius 3 is 2.46 bits per heavy atom. The lowest BCUT2D eigenvalue weighted by Gasteiger charge is -2.24. The molecule has 0 saturated heterocycles. The number of anilines is 1. The molecule has 3 rings (SSSR count). The van der Waals surface area contributed by atoms with E-state index in [1.54, 1.807) is 4.68 Å². The van der Waals surface area contributed by atoms with Gasteiger partial charge in [0, 0.05) is 30.5 Å². The summed E-state index contributed by atoms with van der Waals surface area (Å²) in [7, 11) is 0. The van der Waals surface area contributed by atoms with Crippen LogP contribution in [0.5, 0.6) is 0 Å². The predicted molar refractivity (Wildman–Crippen MR) is 103 cm³/mol. The van der Waals surface area contributed by atoms with E-state index in [0.29, 0.717) is 19.0 Å². The summed E-state index contributed by atoms with van der Waals surface area (Å²) in [6.45, 7) is 9.21. The summed E-state index contributed by atoms with van der Waals surface area (Å²) in [5, 5.41) is 14.0. The highest BCUT2D eigenvalue weighted by molar-refractivity contribution is 5.43. The van der Waals surface area contributed by atoms with Crippen LogP contribution in [0.4, 0.5) is 5.82 Å². The SMILES string of the molecule is Cc1cccc(CN(CCO)c2cc(C)nc(-n3nc(C)cc3C)n2)c1. The van der Waals surface area contributed by atoms with Gasteiger partial charge in [-0.15, -0.1) is 0 Å². The largest absolute Gasteiger partial charge is 0.395 e. The number of rotatable bonds is 6. The van der Waals surface area contributed by atoms with E-state index in [0.717, 1.165) is 22.9 Å². The van der Waals surface area contributed by atoms with E-state index in [-0.39, 0.29) is 6.61 Å². The molecule has 6 heteroatoms. The van der Waals surface area contributed by atoms with Crippen LogP contribution >= 0.6 is 0 Å². The lowest BCUT2D eigenvalue weighted by atomic mass is 10.1. The first-order valence-electron chi connectivity index (χ1n) is 8.77. The molecule has 0 spiro atoms. The van der Waals surface area contributed by atoms with Crippen LogP contribution < -0.4 is 4.90 Å². The van der Waals surface area contributed by atoms with Gasteiger partial charge < -0.3 is 10.0 Å². The molecule has 136 valence electrons. The van der Waals surface area contributed by atoms with E-state index in [9.17, 15) is 5.11 Å². The number of aliphatic hydroxyl groups is 1. The van der Waals surface area contributed by atoms with Gasteiger partial charge in [0.1, 0.15) is 5.82 Å². The van der Waals surface area contributed by atoms with Gasteiger partial charge in [-0.2, -0.15) is 10.1 Å². The fourth-order valence-corrected chi connectivity index (χ4v) is 3.05. The highest BCUT2D eigenvalue weighted by Gasteiger charge is 2.14. The third-order valence-electron chi connectivity index (χ3n) is 4.18. The maximum absolute atomic E-state index is 9.53. The van der Waals surface area contributed by atoms with E-state index < -0.39 is 0 Å². The van der Waals surface area contributed by atoms with Gasteiger partial charge in [-0.3, -0.25) is 0 Å². The summed E-state index contributed by atoms with van der Waals surface area (Å²) in [5.74, 6) is 1.34. The third-order valence-corrected chi connectivity index (χ3v) is 4.18. The quantitative estimate of drug-likeness (QED) is 0.740. The Balaban J connectivity index is 1.97. The zero-order chi connectivity index (χ0) is 18.7. The zero-order valence-electron chi connectivity index (χ0n) is 15.8. The molecule has 26 heavy (non-hydrogen) atoms. The predicted octanol–water partition coefficient (Wildman–Crippen LogP) is 2.89. The smallest absolute Gasteiger partial charge is 0.252 e. The van der Waals surface area contributed by atoms with Crippen molar-refractivity contribution in [3.8, 4) is 5.95 Å². The van der Waals surface area contributed by atoms with Crippen molar-refractivity contribution in [1.82, 2.24) is 19.7 Å². The molecule has 0 amide bonds. The van der Waals surface area contributed by atoms with Crippen molar-refractivity contribution in [2.24, 2.45) is 0 Å². The van der Waals surface area contributed by atoms with Gasteiger partial charge in [-0.25, -0.2) is 9.67 Å². The number of benzene rings is 1. The molecule has 0 bridgehead atoms. The molecule has 0 atom stereocenters. The maximum atomic E-state index is 9.53. The van der Waals surface area contributed by atoms with Gasteiger partial charge in [0.15, 0.2) is 0 Å². The highest BCUT2D eigenvalue weighted by Crippen LogP contribution is 2.19. The minimum Gasteiger partial charge on any atom is -0.395 e. The van der Waals surface area contributed by atoms with Gasteiger partial charge in [0.05, 0.1) is 12.3 Å². The van der Waals surface area contributed by atoms with Crippen molar-refractivity contribution in [1.29, 1.82) is 0 Å². The van der Waals surface area contributed by atoms with Gasteiger partial charge in [-0.1, -0.05) is 29.8 Å². The number of hydrogen-bond donors (Lipinski definition) is 1. The molecule has 0 aliphatic carbocycles. The first-order chi connectivity index (χ1) is 12.5. The van der Waals surface area contributed by atoms with Crippen molar-refractivity contribution < 1.29 is 5.11 Å². The minimum absolute atomic E-state index is 0.0596. The standard InChI is InChI=1S/C20H25N5O/c1-14-6-5-7-18(10-14)13-24(8-9-26)19-12-15(2)21-20(22-19)25-17(4)11-16(3)23-25/h5-7,10-12,26H,8-9,13H2,1-4H3. The molecule has 2 aromatic heterocycles. The van der Waals surface area contributed by atoms with Crippen LogP contribution in [0.3, 0.4) is 0 Å². The Kier molecular flexibility index (Phi) is 5.32. The molecule has 0 saturated carbocycles. The summed E-state index contributed by atoms with van der Waals surface area (Å²) in [6.07, 6.45) is 0. The number of nitrogens with zero attached hydrogens (tertiary/aromatic N) is 5. The maximum Gasteiger partial charge on any atom is 0.252 e. The summed E-state index contributed by atoms with van der Waals surface area (Å²) < 4.78 is 1.76. The van der Waals surface area contributed by atoms with Gasteiger partial charge in [0.2, 0.25) is 0 Å². The van der Waals surface area contributed by atoms with E-state index in [1.165, 1.54) is 11.1 Å².